The molecule has 0 aromatic heterocycles. The topological polar surface area (TPSA) is 70.7 Å². The van der Waals surface area contributed by atoms with E-state index in [4.69, 9.17) is 4.74 Å². The first-order chi connectivity index (χ1) is 8.64. The summed E-state index contributed by atoms with van der Waals surface area (Å²) in [6.07, 6.45) is 1.50. The van der Waals surface area contributed by atoms with Gasteiger partial charge in [-0.1, -0.05) is 0 Å². The van der Waals surface area contributed by atoms with E-state index in [-0.39, 0.29) is 5.75 Å². The van der Waals surface area contributed by atoms with Crippen LogP contribution >= 0.6 is 0 Å². The van der Waals surface area contributed by atoms with Gasteiger partial charge in [-0.25, -0.2) is 13.1 Å². The minimum atomic E-state index is -3.09. The predicted octanol–water partition coefficient (Wildman–Crippen LogP) is -0.762. The monoisotopic (exact) mass is 279 g/mol. The maximum atomic E-state index is 11.6. The van der Waals surface area contributed by atoms with Gasteiger partial charge in [-0.15, -0.1) is 0 Å². The van der Waals surface area contributed by atoms with Crippen molar-refractivity contribution in [1.29, 1.82) is 0 Å². The molecule has 1 heterocycles. The van der Waals surface area contributed by atoms with E-state index >= 15 is 0 Å². The van der Waals surface area contributed by atoms with Crippen LogP contribution in [0.5, 0.6) is 0 Å². The Bertz CT molecular complexity index is 303. The van der Waals surface area contributed by atoms with Crippen LogP contribution in [0.15, 0.2) is 0 Å². The SMILES string of the molecule is CNCCCS(=O)(=O)NCCCN1CCOCC1. The largest absolute Gasteiger partial charge is 0.379 e. The molecule has 0 aliphatic carbocycles. The minimum Gasteiger partial charge on any atom is -0.379 e. The summed E-state index contributed by atoms with van der Waals surface area (Å²) in [6.45, 7) is 5.67. The van der Waals surface area contributed by atoms with Crippen LogP contribution < -0.4 is 10.0 Å². The quantitative estimate of drug-likeness (QED) is 0.543. The third-order valence-corrected chi connectivity index (χ3v) is 4.39. The summed E-state index contributed by atoms with van der Waals surface area (Å²) < 4.78 is 31.1. The van der Waals surface area contributed by atoms with Crippen LogP contribution in [0, 0.1) is 0 Å². The molecule has 1 aliphatic heterocycles. The number of morpholine rings is 1. The van der Waals surface area contributed by atoms with Gasteiger partial charge in [-0.3, -0.25) is 4.90 Å². The van der Waals surface area contributed by atoms with Gasteiger partial charge in [-0.2, -0.15) is 0 Å². The molecule has 7 heteroatoms. The van der Waals surface area contributed by atoms with E-state index < -0.39 is 10.0 Å². The normalized spacial score (nSPS) is 18.1. The number of hydrogen-bond acceptors (Lipinski definition) is 5. The molecule has 0 radical (unpaired) electrons. The van der Waals surface area contributed by atoms with Gasteiger partial charge in [0, 0.05) is 19.6 Å². The molecule has 108 valence electrons. The van der Waals surface area contributed by atoms with Crippen molar-refractivity contribution in [2.24, 2.45) is 0 Å². The molecule has 1 rings (SSSR count). The maximum Gasteiger partial charge on any atom is 0.211 e. The zero-order valence-corrected chi connectivity index (χ0v) is 12.0. The van der Waals surface area contributed by atoms with Crippen molar-refractivity contribution in [3.8, 4) is 0 Å². The molecule has 1 saturated heterocycles. The highest BCUT2D eigenvalue weighted by Gasteiger charge is 2.11. The Kier molecular flexibility index (Phi) is 7.76. The summed E-state index contributed by atoms with van der Waals surface area (Å²) in [5.74, 6) is 0.200. The Morgan fingerprint density at radius 1 is 1.17 bits per heavy atom. The maximum absolute atomic E-state index is 11.6. The average molecular weight is 279 g/mol. The van der Waals surface area contributed by atoms with E-state index in [1.807, 2.05) is 7.05 Å². The summed E-state index contributed by atoms with van der Waals surface area (Å²) in [5, 5.41) is 2.94. The molecule has 0 saturated carbocycles. The molecule has 0 atom stereocenters. The van der Waals surface area contributed by atoms with E-state index in [9.17, 15) is 8.42 Å². The van der Waals surface area contributed by atoms with Crippen LogP contribution in [-0.2, 0) is 14.8 Å². The van der Waals surface area contributed by atoms with Crippen LogP contribution in [0.1, 0.15) is 12.8 Å². The second kappa shape index (κ2) is 8.82. The lowest BCUT2D eigenvalue weighted by Crippen LogP contribution is -2.38. The number of ether oxygens (including phenoxy) is 1. The highest BCUT2D eigenvalue weighted by Crippen LogP contribution is 1.98. The van der Waals surface area contributed by atoms with Crippen LogP contribution in [-0.4, -0.2) is 72.1 Å². The molecule has 0 unspecified atom stereocenters. The van der Waals surface area contributed by atoms with Crippen molar-refractivity contribution in [3.63, 3.8) is 0 Å². The number of nitrogens with zero attached hydrogens (tertiary/aromatic N) is 1. The van der Waals surface area contributed by atoms with Crippen LogP contribution in [0.3, 0.4) is 0 Å². The minimum absolute atomic E-state index is 0.200. The van der Waals surface area contributed by atoms with Crippen LogP contribution in [0.2, 0.25) is 0 Å². The smallest absolute Gasteiger partial charge is 0.211 e. The highest BCUT2D eigenvalue weighted by molar-refractivity contribution is 7.89. The van der Waals surface area contributed by atoms with Crippen molar-refractivity contribution in [3.05, 3.63) is 0 Å². The lowest BCUT2D eigenvalue weighted by Gasteiger charge is -2.26. The lowest BCUT2D eigenvalue weighted by atomic mass is 10.3. The number of rotatable bonds is 9. The zero-order chi connectivity index (χ0) is 13.3. The van der Waals surface area contributed by atoms with E-state index in [1.165, 1.54) is 0 Å². The summed E-state index contributed by atoms with van der Waals surface area (Å²) in [4.78, 5) is 2.30. The molecule has 0 amide bonds. The van der Waals surface area contributed by atoms with E-state index in [2.05, 4.69) is 14.9 Å². The summed E-state index contributed by atoms with van der Waals surface area (Å²) in [6, 6.07) is 0. The van der Waals surface area contributed by atoms with Gasteiger partial charge in [0.1, 0.15) is 0 Å². The summed E-state index contributed by atoms with van der Waals surface area (Å²) in [5.41, 5.74) is 0. The second-order valence-electron chi connectivity index (χ2n) is 4.48. The van der Waals surface area contributed by atoms with Gasteiger partial charge in [0.15, 0.2) is 0 Å². The fraction of sp³-hybridized carbons (Fsp3) is 1.00. The molecule has 6 nitrogen and oxygen atoms in total. The summed E-state index contributed by atoms with van der Waals surface area (Å²) in [7, 11) is -1.27. The lowest BCUT2D eigenvalue weighted by molar-refractivity contribution is 0.0376. The average Bonchev–Trinajstić information content (AvgIpc) is 2.36. The Morgan fingerprint density at radius 2 is 1.89 bits per heavy atom. The Hall–Kier alpha value is -0.210. The number of hydrogen-bond donors (Lipinski definition) is 2. The molecule has 1 aliphatic rings. The van der Waals surface area contributed by atoms with Gasteiger partial charge >= 0.3 is 0 Å². The van der Waals surface area contributed by atoms with Crippen molar-refractivity contribution in [2.45, 2.75) is 12.8 Å². The molecule has 0 aromatic rings. The molecule has 18 heavy (non-hydrogen) atoms. The Morgan fingerprint density at radius 3 is 2.56 bits per heavy atom. The standard InChI is InChI=1S/C11H25N3O3S/c1-12-4-3-11-18(15,16)13-5-2-6-14-7-9-17-10-8-14/h12-13H,2-11H2,1H3. The van der Waals surface area contributed by atoms with Gasteiger partial charge in [0.2, 0.25) is 10.0 Å². The van der Waals surface area contributed by atoms with Crippen LogP contribution in [0.25, 0.3) is 0 Å². The van der Waals surface area contributed by atoms with Crippen molar-refractivity contribution in [2.75, 3.05) is 58.7 Å². The Labute approximate surface area is 110 Å². The van der Waals surface area contributed by atoms with Gasteiger partial charge < -0.3 is 10.1 Å². The Balaban J connectivity index is 2.05. The molecular formula is C11H25N3O3S. The van der Waals surface area contributed by atoms with E-state index in [0.29, 0.717) is 13.0 Å². The molecule has 0 bridgehead atoms. The molecular weight excluding hydrogens is 254 g/mol. The molecule has 0 aromatic carbocycles. The van der Waals surface area contributed by atoms with Gasteiger partial charge in [-0.05, 0) is 33.0 Å². The predicted molar refractivity (Wildman–Crippen MR) is 72.2 cm³/mol. The fourth-order valence-corrected chi connectivity index (χ4v) is 2.99. The van der Waals surface area contributed by atoms with E-state index in [1.54, 1.807) is 0 Å². The first-order valence-electron chi connectivity index (χ1n) is 6.56. The van der Waals surface area contributed by atoms with Crippen LogP contribution in [0.4, 0.5) is 0 Å². The van der Waals surface area contributed by atoms with Crippen molar-refractivity contribution in [1.82, 2.24) is 14.9 Å². The second-order valence-corrected chi connectivity index (χ2v) is 6.40. The molecule has 0 spiro atoms. The zero-order valence-electron chi connectivity index (χ0n) is 11.2. The first kappa shape index (κ1) is 15.8. The van der Waals surface area contributed by atoms with Gasteiger partial charge in [0.05, 0.1) is 19.0 Å². The fourth-order valence-electron chi connectivity index (χ4n) is 1.87. The number of sulfonamides is 1. The summed E-state index contributed by atoms with van der Waals surface area (Å²) >= 11 is 0. The van der Waals surface area contributed by atoms with Crippen molar-refractivity contribution < 1.29 is 13.2 Å². The number of nitrogens with one attached hydrogen (secondary N) is 2. The molecule has 2 N–H and O–H groups in total. The third-order valence-electron chi connectivity index (χ3n) is 2.92. The van der Waals surface area contributed by atoms with E-state index in [0.717, 1.165) is 45.8 Å². The first-order valence-corrected chi connectivity index (χ1v) is 8.21. The van der Waals surface area contributed by atoms with Crippen molar-refractivity contribution >= 4 is 10.0 Å². The molecule has 1 fully saturated rings. The third kappa shape index (κ3) is 7.27. The highest BCUT2D eigenvalue weighted by atomic mass is 32.2. The van der Waals surface area contributed by atoms with Gasteiger partial charge in [0.25, 0.3) is 0 Å².